The third-order valence-electron chi connectivity index (χ3n) is 3.60. The van der Waals surface area contributed by atoms with Crippen molar-refractivity contribution in [1.29, 1.82) is 0 Å². The van der Waals surface area contributed by atoms with Crippen LogP contribution in [0.1, 0.15) is 19.6 Å². The smallest absolute Gasteiger partial charge is 0.264 e. The highest BCUT2D eigenvalue weighted by Gasteiger charge is 2.24. The normalized spacial score (nSPS) is 17.5. The van der Waals surface area contributed by atoms with Crippen LogP contribution in [0, 0.1) is 0 Å². The fraction of sp³-hybridized carbons (Fsp3) is 0.222. The zero-order valence-corrected chi connectivity index (χ0v) is 14.5. The van der Waals surface area contributed by atoms with Gasteiger partial charge in [-0.3, -0.25) is 4.79 Å². The maximum atomic E-state index is 12.1. The Morgan fingerprint density at radius 3 is 2.62 bits per heavy atom. The summed E-state index contributed by atoms with van der Waals surface area (Å²) in [6, 6.07) is 13.3. The second-order valence-electron chi connectivity index (χ2n) is 5.17. The van der Waals surface area contributed by atoms with Gasteiger partial charge in [0.05, 0.1) is 10.6 Å². The van der Waals surface area contributed by atoms with E-state index in [-0.39, 0.29) is 5.91 Å². The van der Waals surface area contributed by atoms with Gasteiger partial charge in [0.15, 0.2) is 11.1 Å². The predicted octanol–water partition coefficient (Wildman–Crippen LogP) is 4.02. The Balaban J connectivity index is 1.77. The van der Waals surface area contributed by atoms with Crippen molar-refractivity contribution in [3.63, 3.8) is 0 Å². The number of nitrogens with one attached hydrogen (secondary N) is 1. The largest absolute Gasteiger partial charge is 0.441 e. The highest BCUT2D eigenvalue weighted by Crippen LogP contribution is 2.29. The van der Waals surface area contributed by atoms with Crippen LogP contribution in [0.15, 0.2) is 56.8 Å². The van der Waals surface area contributed by atoms with E-state index in [1.165, 1.54) is 11.8 Å². The number of amides is 1. The Morgan fingerprint density at radius 2 is 1.92 bits per heavy atom. The molecule has 1 aliphatic heterocycles. The Hall–Kier alpha value is -2.47. The molecule has 24 heavy (non-hydrogen) atoms. The molecule has 1 aromatic carbocycles. The predicted molar refractivity (Wildman–Crippen MR) is 99.5 cm³/mol. The fourth-order valence-electron chi connectivity index (χ4n) is 2.35. The van der Waals surface area contributed by atoms with Crippen molar-refractivity contribution in [1.82, 2.24) is 5.32 Å². The van der Waals surface area contributed by atoms with E-state index < -0.39 is 0 Å². The highest BCUT2D eigenvalue weighted by atomic mass is 32.2. The SMILES string of the molecule is CCN(CC)c1ccc(C=C2SC(=Nc3ccccc3)NC2=O)o1. The molecule has 1 aliphatic rings. The number of thioether (sulfide) groups is 1. The first-order valence-electron chi connectivity index (χ1n) is 7.89. The van der Waals surface area contributed by atoms with E-state index in [0.29, 0.717) is 15.8 Å². The monoisotopic (exact) mass is 341 g/mol. The second-order valence-corrected chi connectivity index (χ2v) is 6.20. The molecule has 1 aromatic heterocycles. The van der Waals surface area contributed by atoms with E-state index in [0.717, 1.165) is 24.7 Å². The third kappa shape index (κ3) is 3.71. The number of rotatable bonds is 5. The van der Waals surface area contributed by atoms with E-state index in [9.17, 15) is 4.79 Å². The molecule has 2 aromatic rings. The first-order valence-corrected chi connectivity index (χ1v) is 8.70. The van der Waals surface area contributed by atoms with Crippen molar-refractivity contribution < 1.29 is 9.21 Å². The summed E-state index contributed by atoms with van der Waals surface area (Å²) in [6.07, 6.45) is 1.75. The Morgan fingerprint density at radius 1 is 1.17 bits per heavy atom. The second kappa shape index (κ2) is 7.40. The molecular weight excluding hydrogens is 322 g/mol. The minimum absolute atomic E-state index is 0.157. The zero-order chi connectivity index (χ0) is 16.9. The van der Waals surface area contributed by atoms with E-state index in [1.807, 2.05) is 42.5 Å². The summed E-state index contributed by atoms with van der Waals surface area (Å²) in [5.74, 6) is 1.32. The molecule has 6 heteroatoms. The molecule has 1 amide bonds. The van der Waals surface area contributed by atoms with Crippen LogP contribution in [0.5, 0.6) is 0 Å². The fourth-order valence-corrected chi connectivity index (χ4v) is 3.18. The number of benzene rings is 1. The molecule has 0 spiro atoms. The number of furan rings is 1. The van der Waals surface area contributed by atoms with Gasteiger partial charge in [-0.15, -0.1) is 0 Å². The average molecular weight is 341 g/mol. The Labute approximate surface area is 145 Å². The number of carbonyl (C=O) groups excluding carboxylic acids is 1. The van der Waals surface area contributed by atoms with Crippen LogP contribution in [-0.2, 0) is 4.79 Å². The Bertz CT molecular complexity index is 777. The lowest BCUT2D eigenvalue weighted by Crippen LogP contribution is -2.20. The molecule has 3 rings (SSSR count). The summed E-state index contributed by atoms with van der Waals surface area (Å²) in [4.78, 5) is 19.2. The van der Waals surface area contributed by atoms with Gasteiger partial charge >= 0.3 is 0 Å². The molecule has 1 saturated heterocycles. The number of aliphatic imine (C=N–C) groups is 1. The first-order chi connectivity index (χ1) is 11.7. The minimum atomic E-state index is -0.157. The van der Waals surface area contributed by atoms with Gasteiger partial charge in [-0.05, 0) is 43.8 Å². The number of para-hydroxylation sites is 1. The summed E-state index contributed by atoms with van der Waals surface area (Å²) in [6.45, 7) is 5.92. The molecule has 0 bridgehead atoms. The molecule has 5 nitrogen and oxygen atoms in total. The van der Waals surface area contributed by atoms with Gasteiger partial charge < -0.3 is 14.6 Å². The standard InChI is InChI=1S/C18H19N3O2S/c1-3-21(4-2)16-11-10-14(23-16)12-15-17(22)20-18(24-15)19-13-8-6-5-7-9-13/h5-12H,3-4H2,1-2H3,(H,19,20,22). The number of hydrogen-bond acceptors (Lipinski definition) is 5. The molecule has 0 unspecified atom stereocenters. The van der Waals surface area contributed by atoms with Gasteiger partial charge in [-0.2, -0.15) is 0 Å². The summed E-state index contributed by atoms with van der Waals surface area (Å²) in [7, 11) is 0. The molecule has 124 valence electrons. The molecule has 0 atom stereocenters. The van der Waals surface area contributed by atoms with E-state index in [4.69, 9.17) is 4.42 Å². The van der Waals surface area contributed by atoms with Crippen molar-refractivity contribution in [2.75, 3.05) is 18.0 Å². The minimum Gasteiger partial charge on any atom is -0.441 e. The topological polar surface area (TPSA) is 57.8 Å². The van der Waals surface area contributed by atoms with Crippen molar-refractivity contribution in [3.05, 3.63) is 53.1 Å². The number of hydrogen-bond donors (Lipinski definition) is 1. The first kappa shape index (κ1) is 16.4. The molecule has 2 heterocycles. The summed E-state index contributed by atoms with van der Waals surface area (Å²) < 4.78 is 5.81. The van der Waals surface area contributed by atoms with E-state index in [1.54, 1.807) is 6.08 Å². The van der Waals surface area contributed by atoms with E-state index >= 15 is 0 Å². The Kier molecular flexibility index (Phi) is 5.05. The van der Waals surface area contributed by atoms with Crippen LogP contribution >= 0.6 is 11.8 Å². The lowest BCUT2D eigenvalue weighted by atomic mass is 10.3. The molecular formula is C18H19N3O2S. The van der Waals surface area contributed by atoms with Gasteiger partial charge in [0, 0.05) is 25.2 Å². The van der Waals surface area contributed by atoms with Crippen molar-refractivity contribution in [3.8, 4) is 0 Å². The van der Waals surface area contributed by atoms with Gasteiger partial charge in [0.25, 0.3) is 5.91 Å². The van der Waals surface area contributed by atoms with Crippen molar-refractivity contribution in [2.45, 2.75) is 13.8 Å². The molecule has 0 radical (unpaired) electrons. The van der Waals surface area contributed by atoms with Gasteiger partial charge in [-0.25, -0.2) is 4.99 Å². The van der Waals surface area contributed by atoms with Gasteiger partial charge in [0.1, 0.15) is 5.76 Å². The van der Waals surface area contributed by atoms with Crippen LogP contribution in [-0.4, -0.2) is 24.2 Å². The number of carbonyl (C=O) groups is 1. The van der Waals surface area contributed by atoms with Crippen LogP contribution in [0.25, 0.3) is 6.08 Å². The summed E-state index contributed by atoms with van der Waals surface area (Å²) in [5.41, 5.74) is 0.809. The highest BCUT2D eigenvalue weighted by molar-refractivity contribution is 8.18. The lowest BCUT2D eigenvalue weighted by Gasteiger charge is -2.16. The molecule has 1 fully saturated rings. The maximum absolute atomic E-state index is 12.1. The lowest BCUT2D eigenvalue weighted by molar-refractivity contribution is -0.115. The molecule has 1 N–H and O–H groups in total. The summed E-state index contributed by atoms with van der Waals surface area (Å²) in [5, 5.41) is 3.36. The van der Waals surface area contributed by atoms with Gasteiger partial charge in [0.2, 0.25) is 0 Å². The van der Waals surface area contributed by atoms with Crippen LogP contribution in [0.2, 0.25) is 0 Å². The average Bonchev–Trinajstić information content (AvgIpc) is 3.17. The van der Waals surface area contributed by atoms with E-state index in [2.05, 4.69) is 29.1 Å². The van der Waals surface area contributed by atoms with Crippen LogP contribution in [0.3, 0.4) is 0 Å². The number of nitrogens with zero attached hydrogens (tertiary/aromatic N) is 2. The quantitative estimate of drug-likeness (QED) is 0.835. The molecule has 0 saturated carbocycles. The van der Waals surface area contributed by atoms with Crippen molar-refractivity contribution >= 4 is 40.5 Å². The zero-order valence-electron chi connectivity index (χ0n) is 13.7. The maximum Gasteiger partial charge on any atom is 0.264 e. The number of amidine groups is 1. The summed E-state index contributed by atoms with van der Waals surface area (Å²) >= 11 is 1.31. The third-order valence-corrected chi connectivity index (χ3v) is 4.51. The van der Waals surface area contributed by atoms with Crippen LogP contribution < -0.4 is 10.2 Å². The van der Waals surface area contributed by atoms with Crippen molar-refractivity contribution in [2.24, 2.45) is 4.99 Å². The number of anilines is 1. The van der Waals surface area contributed by atoms with Crippen LogP contribution in [0.4, 0.5) is 11.6 Å². The van der Waals surface area contributed by atoms with Gasteiger partial charge in [-0.1, -0.05) is 18.2 Å². The molecule has 0 aliphatic carbocycles.